The van der Waals surface area contributed by atoms with E-state index >= 15 is 0 Å². The van der Waals surface area contributed by atoms with Crippen molar-refractivity contribution in [1.82, 2.24) is 0 Å². The van der Waals surface area contributed by atoms with Crippen LogP contribution >= 0.6 is 17.2 Å². The predicted octanol–water partition coefficient (Wildman–Crippen LogP) is 10.5. The second-order valence-corrected chi connectivity index (χ2v) is 61.3. The molecular formula is C33H46Cl2HfSi. The molecule has 2 aliphatic carbocycles. The molecule has 4 rings (SSSR count). The number of allylic oxidation sites excluding steroid dienone is 2. The van der Waals surface area contributed by atoms with Crippen LogP contribution in [0.25, 0.3) is 12.2 Å². The van der Waals surface area contributed by atoms with Crippen LogP contribution in [0.4, 0.5) is 0 Å². The molecular weight excluding hydrogens is 674 g/mol. The Morgan fingerprint density at radius 1 is 0.649 bits per heavy atom. The molecule has 2 aliphatic rings. The van der Waals surface area contributed by atoms with Crippen LogP contribution in [0.15, 0.2) is 35.4 Å². The minimum absolute atomic E-state index is 0.0215. The summed E-state index contributed by atoms with van der Waals surface area (Å²) in [6, 6.07) is 10.7. The van der Waals surface area contributed by atoms with Crippen LogP contribution in [-0.4, -0.2) is 6.22 Å². The molecule has 0 spiro atoms. The zero-order chi connectivity index (χ0) is 27.0. The van der Waals surface area contributed by atoms with Crippen LogP contribution in [0.5, 0.6) is 0 Å². The Balaban J connectivity index is 2.07. The van der Waals surface area contributed by atoms with Gasteiger partial charge in [-0.25, -0.2) is 0 Å². The Labute approximate surface area is 235 Å². The van der Waals surface area contributed by atoms with Crippen LogP contribution in [0.3, 0.4) is 0 Å². The van der Waals surface area contributed by atoms with E-state index in [0.717, 1.165) is 25.7 Å². The summed E-state index contributed by atoms with van der Waals surface area (Å²) >= 11 is -4.75. The van der Waals surface area contributed by atoms with Crippen molar-refractivity contribution in [2.45, 2.75) is 107 Å². The van der Waals surface area contributed by atoms with E-state index in [1.807, 2.05) is 0 Å². The van der Waals surface area contributed by atoms with E-state index in [4.69, 9.17) is 17.2 Å². The van der Waals surface area contributed by atoms with Gasteiger partial charge in [0, 0.05) is 0 Å². The molecule has 4 heteroatoms. The van der Waals surface area contributed by atoms with Crippen LogP contribution in [0, 0.1) is 0 Å². The minimum atomic E-state index is -4.75. The summed E-state index contributed by atoms with van der Waals surface area (Å²) in [4.78, 5) is 0. The molecule has 0 N–H and O–H groups in total. The van der Waals surface area contributed by atoms with Crippen molar-refractivity contribution < 1.29 is 14.8 Å². The topological polar surface area (TPSA) is 0 Å². The van der Waals surface area contributed by atoms with Gasteiger partial charge in [0.2, 0.25) is 0 Å². The summed E-state index contributed by atoms with van der Waals surface area (Å²) in [5.74, 6) is 0. The first kappa shape index (κ1) is 29.6. The van der Waals surface area contributed by atoms with Crippen molar-refractivity contribution in [3.8, 4) is 0 Å². The van der Waals surface area contributed by atoms with Crippen LogP contribution in [0.1, 0.15) is 120 Å². The fourth-order valence-corrected chi connectivity index (χ4v) is 58.2. The van der Waals surface area contributed by atoms with Crippen molar-refractivity contribution in [2.75, 3.05) is 0 Å². The first-order chi connectivity index (χ1) is 17.6. The van der Waals surface area contributed by atoms with Gasteiger partial charge in [-0.3, -0.25) is 0 Å². The van der Waals surface area contributed by atoms with E-state index in [1.165, 1.54) is 81.0 Å². The molecule has 37 heavy (non-hydrogen) atoms. The molecule has 2 aromatic carbocycles. The number of hydrogen-bond donors (Lipinski definition) is 0. The molecule has 0 saturated carbocycles. The van der Waals surface area contributed by atoms with Gasteiger partial charge >= 0.3 is 237 Å². The molecule has 0 heterocycles. The molecule has 0 fully saturated rings. The Morgan fingerprint density at radius 2 is 1.05 bits per heavy atom. The average molecular weight is 720 g/mol. The molecule has 2 unspecified atom stereocenters. The molecule has 0 aliphatic heterocycles. The van der Waals surface area contributed by atoms with Gasteiger partial charge in [-0.15, -0.1) is 0 Å². The first-order valence-electron chi connectivity index (χ1n) is 14.7. The first-order valence-corrected chi connectivity index (χ1v) is 35.4. The number of hydrogen-bond acceptors (Lipinski definition) is 0. The molecule has 0 nitrogen and oxygen atoms in total. The van der Waals surface area contributed by atoms with Crippen molar-refractivity contribution >= 4 is 35.5 Å². The third-order valence-electron chi connectivity index (χ3n) is 9.14. The fourth-order valence-electron chi connectivity index (χ4n) is 7.38. The molecule has 0 amide bonds. The standard InChI is InChI=1S/2C14H17.C5H12Si.2ClH.Hf/c2*1-4-11-6-7-12(5-2)14-9-10(3)8-13(11)14;1-2-3-4-5-6;;;/h2*6-9H,4-5H2,1-3H3;6H,2-5H2,1H3;2*1H;/q;;;;;+2/p-2. The normalized spacial score (nSPS) is 19.0. The van der Waals surface area contributed by atoms with Crippen molar-refractivity contribution in [1.29, 1.82) is 0 Å². The second kappa shape index (κ2) is 11.6. The number of rotatable bonds is 10. The van der Waals surface area contributed by atoms with Crippen molar-refractivity contribution in [2.24, 2.45) is 0 Å². The number of halogens is 2. The van der Waals surface area contributed by atoms with E-state index in [0.29, 0.717) is 0 Å². The van der Waals surface area contributed by atoms with Gasteiger partial charge < -0.3 is 0 Å². The van der Waals surface area contributed by atoms with Crippen molar-refractivity contribution in [3.63, 3.8) is 0 Å². The Hall–Kier alpha value is -0.413. The molecule has 0 radical (unpaired) electrons. The van der Waals surface area contributed by atoms with E-state index in [9.17, 15) is 0 Å². The molecule has 2 aromatic rings. The molecule has 200 valence electrons. The third-order valence-corrected chi connectivity index (χ3v) is 55.6. The maximum absolute atomic E-state index is 8.52. The second-order valence-electron chi connectivity index (χ2n) is 11.4. The zero-order valence-corrected chi connectivity index (χ0v) is 30.4. The summed E-state index contributed by atoms with van der Waals surface area (Å²) in [7, 11) is 17.0. The third kappa shape index (κ3) is 5.00. The van der Waals surface area contributed by atoms with Crippen molar-refractivity contribution in [3.05, 3.63) is 79.9 Å². The van der Waals surface area contributed by atoms with E-state index < -0.39 is 14.8 Å². The quantitative estimate of drug-likeness (QED) is 0.169. The monoisotopic (exact) mass is 720 g/mol. The number of unbranched alkanes of at least 4 members (excludes halogenated alkanes) is 2. The predicted molar refractivity (Wildman–Crippen MR) is 166 cm³/mol. The van der Waals surface area contributed by atoms with Gasteiger partial charge in [-0.1, -0.05) is 0 Å². The number of benzene rings is 2. The van der Waals surface area contributed by atoms with Gasteiger partial charge in [0.25, 0.3) is 0 Å². The molecule has 0 aromatic heterocycles. The summed E-state index contributed by atoms with van der Waals surface area (Å²) in [5, 5.41) is 0. The summed E-state index contributed by atoms with van der Waals surface area (Å²) in [6.45, 7) is 16.1. The SMILES string of the molecule is CCCCC[SiH]=[Hf]([Cl])([Cl])([CH]1C(C)=Cc2c(CC)ccc(CC)c21)[CH]1C(C)=Cc2c(CC)ccc(CC)c21. The molecule has 0 bridgehead atoms. The van der Waals surface area contributed by atoms with Crippen LogP contribution in [-0.2, 0) is 40.4 Å². The van der Waals surface area contributed by atoms with Gasteiger partial charge in [0.1, 0.15) is 0 Å². The van der Waals surface area contributed by atoms with Gasteiger partial charge in [0.15, 0.2) is 0 Å². The number of aryl methyl sites for hydroxylation is 4. The van der Waals surface area contributed by atoms with Gasteiger partial charge in [-0.05, 0) is 0 Å². The summed E-state index contributed by atoms with van der Waals surface area (Å²) in [6.07, 6.45) is 12.9. The van der Waals surface area contributed by atoms with Gasteiger partial charge in [-0.2, -0.15) is 0 Å². The van der Waals surface area contributed by atoms with E-state index in [-0.39, 0.29) is 13.6 Å². The zero-order valence-electron chi connectivity index (χ0n) is 24.1. The molecule has 0 saturated heterocycles. The average Bonchev–Trinajstić information content (AvgIpc) is 3.43. The Kier molecular flexibility index (Phi) is 9.27. The summed E-state index contributed by atoms with van der Waals surface area (Å²) < 4.78 is 0.449. The van der Waals surface area contributed by atoms with E-state index in [2.05, 4.69) is 84.9 Å². The Bertz CT molecular complexity index is 1230. The van der Waals surface area contributed by atoms with E-state index in [1.54, 1.807) is 0 Å². The summed E-state index contributed by atoms with van der Waals surface area (Å²) in [5.41, 5.74) is 14.6. The van der Waals surface area contributed by atoms with Crippen LogP contribution < -0.4 is 0 Å². The molecule has 2 atom stereocenters. The Morgan fingerprint density at radius 3 is 1.43 bits per heavy atom. The maximum atomic E-state index is 8.52. The van der Waals surface area contributed by atoms with Crippen LogP contribution in [0.2, 0.25) is 6.04 Å². The fraction of sp³-hybridized carbons (Fsp3) is 0.515. The number of fused-ring (bicyclic) bond motifs is 2. The van der Waals surface area contributed by atoms with Gasteiger partial charge in [0.05, 0.1) is 0 Å².